The van der Waals surface area contributed by atoms with Gasteiger partial charge in [-0.25, -0.2) is 13.2 Å². The normalized spacial score (nSPS) is 22.6. The molecular formula is C18H35N3O5S. The van der Waals surface area contributed by atoms with Gasteiger partial charge in [-0.05, 0) is 39.5 Å². The van der Waals surface area contributed by atoms with E-state index in [1.807, 2.05) is 18.7 Å². The van der Waals surface area contributed by atoms with Gasteiger partial charge in [-0.1, -0.05) is 0 Å². The molecule has 0 aromatic rings. The summed E-state index contributed by atoms with van der Waals surface area (Å²) in [7, 11) is 0.259. The van der Waals surface area contributed by atoms with E-state index in [2.05, 4.69) is 0 Å². The van der Waals surface area contributed by atoms with E-state index in [4.69, 9.17) is 9.47 Å². The molecule has 8 nitrogen and oxygen atoms in total. The SMILES string of the molecule is CC(C)OC1CCN(S(=O)(=O)CCCOC2CCN(C(=O)N(C)C)CC2)C1. The number of carbonyl (C=O) groups is 1. The Hall–Kier alpha value is -0.900. The number of amides is 2. The molecule has 2 rings (SSSR count). The first-order chi connectivity index (χ1) is 12.7. The molecule has 2 heterocycles. The topological polar surface area (TPSA) is 79.4 Å². The highest BCUT2D eigenvalue weighted by Crippen LogP contribution is 2.19. The molecule has 0 radical (unpaired) electrons. The maximum Gasteiger partial charge on any atom is 0.319 e. The third-order valence-corrected chi connectivity index (χ3v) is 6.88. The van der Waals surface area contributed by atoms with Crippen LogP contribution in [0.2, 0.25) is 0 Å². The van der Waals surface area contributed by atoms with Crippen LogP contribution in [0.4, 0.5) is 4.79 Å². The van der Waals surface area contributed by atoms with Crippen molar-refractivity contribution in [3.05, 3.63) is 0 Å². The molecule has 0 spiro atoms. The Morgan fingerprint density at radius 2 is 1.74 bits per heavy atom. The minimum absolute atomic E-state index is 0.00563. The summed E-state index contributed by atoms with van der Waals surface area (Å²) in [5.74, 6) is 0.110. The Labute approximate surface area is 163 Å². The summed E-state index contributed by atoms with van der Waals surface area (Å²) in [6.07, 6.45) is 3.08. The molecule has 2 saturated heterocycles. The van der Waals surface area contributed by atoms with Crippen LogP contribution in [0.3, 0.4) is 0 Å². The Morgan fingerprint density at radius 3 is 2.33 bits per heavy atom. The molecule has 2 aliphatic heterocycles. The van der Waals surface area contributed by atoms with Crippen molar-refractivity contribution in [1.29, 1.82) is 0 Å². The van der Waals surface area contributed by atoms with E-state index in [1.165, 1.54) is 0 Å². The maximum absolute atomic E-state index is 12.5. The van der Waals surface area contributed by atoms with E-state index in [-0.39, 0.29) is 30.1 Å². The molecule has 1 unspecified atom stereocenters. The van der Waals surface area contributed by atoms with Crippen LogP contribution in [0.15, 0.2) is 0 Å². The number of ether oxygens (including phenoxy) is 2. The fourth-order valence-electron chi connectivity index (χ4n) is 3.56. The first-order valence-electron chi connectivity index (χ1n) is 9.90. The van der Waals surface area contributed by atoms with Gasteiger partial charge in [-0.3, -0.25) is 0 Å². The summed E-state index contributed by atoms with van der Waals surface area (Å²) in [6, 6.07) is 0.0323. The van der Waals surface area contributed by atoms with E-state index in [1.54, 1.807) is 23.3 Å². The molecule has 2 amide bonds. The number of urea groups is 1. The molecule has 2 fully saturated rings. The maximum atomic E-state index is 12.5. The van der Waals surface area contributed by atoms with Crippen LogP contribution in [-0.4, -0.2) is 99.5 Å². The average molecular weight is 406 g/mol. The van der Waals surface area contributed by atoms with Crippen LogP contribution in [0.1, 0.15) is 39.5 Å². The van der Waals surface area contributed by atoms with Gasteiger partial charge in [0, 0.05) is 46.9 Å². The predicted molar refractivity (Wildman–Crippen MR) is 104 cm³/mol. The number of rotatable bonds is 8. The molecule has 2 aliphatic rings. The van der Waals surface area contributed by atoms with Crippen LogP contribution in [-0.2, 0) is 19.5 Å². The fraction of sp³-hybridized carbons (Fsp3) is 0.944. The Kier molecular flexibility index (Phi) is 8.33. The lowest BCUT2D eigenvalue weighted by Crippen LogP contribution is -2.45. The van der Waals surface area contributed by atoms with Crippen molar-refractivity contribution in [2.75, 3.05) is 52.6 Å². The molecule has 0 aliphatic carbocycles. The van der Waals surface area contributed by atoms with Crippen LogP contribution >= 0.6 is 0 Å². The predicted octanol–water partition coefficient (Wildman–Crippen LogP) is 1.37. The van der Waals surface area contributed by atoms with Gasteiger partial charge < -0.3 is 19.3 Å². The zero-order valence-corrected chi connectivity index (χ0v) is 17.9. The molecule has 1 atom stereocenters. The number of likely N-dealkylation sites (tertiary alicyclic amines) is 1. The Morgan fingerprint density at radius 1 is 1.11 bits per heavy atom. The van der Waals surface area contributed by atoms with Gasteiger partial charge in [-0.15, -0.1) is 0 Å². The molecule has 27 heavy (non-hydrogen) atoms. The molecular weight excluding hydrogens is 370 g/mol. The number of piperidine rings is 1. The van der Waals surface area contributed by atoms with Gasteiger partial charge in [0.2, 0.25) is 10.0 Å². The summed E-state index contributed by atoms with van der Waals surface area (Å²) in [4.78, 5) is 15.3. The van der Waals surface area contributed by atoms with Gasteiger partial charge >= 0.3 is 6.03 Å². The number of nitrogens with zero attached hydrogens (tertiary/aromatic N) is 3. The first kappa shape index (κ1) is 22.4. The van der Waals surface area contributed by atoms with Crippen molar-refractivity contribution in [3.8, 4) is 0 Å². The second kappa shape index (κ2) is 10.0. The van der Waals surface area contributed by atoms with Gasteiger partial charge in [0.25, 0.3) is 0 Å². The minimum atomic E-state index is -3.25. The van der Waals surface area contributed by atoms with E-state index in [0.29, 0.717) is 39.2 Å². The number of carbonyl (C=O) groups excluding carboxylic acids is 1. The molecule has 9 heteroatoms. The molecule has 0 bridgehead atoms. The average Bonchev–Trinajstić information content (AvgIpc) is 3.07. The molecule has 158 valence electrons. The number of hydrogen-bond acceptors (Lipinski definition) is 5. The minimum Gasteiger partial charge on any atom is -0.378 e. The first-order valence-corrected chi connectivity index (χ1v) is 11.5. The highest BCUT2D eigenvalue weighted by Gasteiger charge is 2.32. The second-order valence-corrected chi connectivity index (χ2v) is 9.95. The lowest BCUT2D eigenvalue weighted by atomic mass is 10.1. The van der Waals surface area contributed by atoms with E-state index >= 15 is 0 Å². The van der Waals surface area contributed by atoms with Gasteiger partial charge in [-0.2, -0.15) is 4.31 Å². The number of hydrogen-bond donors (Lipinski definition) is 0. The standard InChI is InChI=1S/C18H35N3O5S/c1-15(2)26-17-8-11-21(14-17)27(23,24)13-5-12-25-16-6-9-20(10-7-16)18(22)19(3)4/h15-17H,5-14H2,1-4H3. The molecule has 0 aromatic heterocycles. The van der Waals surface area contributed by atoms with Crippen LogP contribution in [0.25, 0.3) is 0 Å². The van der Waals surface area contributed by atoms with E-state index in [9.17, 15) is 13.2 Å². The fourth-order valence-corrected chi connectivity index (χ4v) is 5.08. The summed E-state index contributed by atoms with van der Waals surface area (Å²) >= 11 is 0. The quantitative estimate of drug-likeness (QED) is 0.570. The highest BCUT2D eigenvalue weighted by molar-refractivity contribution is 7.89. The van der Waals surface area contributed by atoms with Crippen molar-refractivity contribution in [1.82, 2.24) is 14.1 Å². The van der Waals surface area contributed by atoms with E-state index in [0.717, 1.165) is 19.3 Å². The van der Waals surface area contributed by atoms with Gasteiger partial charge in [0.05, 0.1) is 24.1 Å². The van der Waals surface area contributed by atoms with Crippen molar-refractivity contribution < 1.29 is 22.7 Å². The molecule has 0 saturated carbocycles. The summed E-state index contributed by atoms with van der Waals surface area (Å²) in [6.45, 7) is 6.74. The highest BCUT2D eigenvalue weighted by atomic mass is 32.2. The second-order valence-electron chi connectivity index (χ2n) is 7.86. The summed E-state index contributed by atoms with van der Waals surface area (Å²) < 4.78 is 38.0. The van der Waals surface area contributed by atoms with Crippen molar-refractivity contribution in [3.63, 3.8) is 0 Å². The number of sulfonamides is 1. The van der Waals surface area contributed by atoms with Crippen molar-refractivity contribution >= 4 is 16.1 Å². The van der Waals surface area contributed by atoms with Crippen LogP contribution in [0, 0.1) is 0 Å². The zero-order valence-electron chi connectivity index (χ0n) is 17.1. The largest absolute Gasteiger partial charge is 0.378 e. The van der Waals surface area contributed by atoms with Gasteiger partial charge in [0.1, 0.15) is 0 Å². The van der Waals surface area contributed by atoms with Gasteiger partial charge in [0.15, 0.2) is 0 Å². The Bertz CT molecular complexity index is 574. The zero-order chi connectivity index (χ0) is 20.0. The van der Waals surface area contributed by atoms with E-state index < -0.39 is 10.0 Å². The summed E-state index contributed by atoms with van der Waals surface area (Å²) in [5.41, 5.74) is 0. The van der Waals surface area contributed by atoms with Crippen LogP contribution < -0.4 is 0 Å². The van der Waals surface area contributed by atoms with Crippen LogP contribution in [0.5, 0.6) is 0 Å². The molecule has 0 N–H and O–H groups in total. The lowest BCUT2D eigenvalue weighted by molar-refractivity contribution is 0.0132. The van der Waals surface area contributed by atoms with Crippen molar-refractivity contribution in [2.45, 2.75) is 57.8 Å². The summed E-state index contributed by atoms with van der Waals surface area (Å²) in [5, 5.41) is 0. The smallest absolute Gasteiger partial charge is 0.319 e. The monoisotopic (exact) mass is 405 g/mol. The third kappa shape index (κ3) is 6.89. The lowest BCUT2D eigenvalue weighted by Gasteiger charge is -2.33. The van der Waals surface area contributed by atoms with Crippen molar-refractivity contribution in [2.24, 2.45) is 0 Å². The third-order valence-electron chi connectivity index (χ3n) is 4.96. The Balaban J connectivity index is 1.63. The molecule has 0 aromatic carbocycles.